The molecule has 0 atom stereocenters. The van der Waals surface area contributed by atoms with Crippen LogP contribution in [0.1, 0.15) is 64.2 Å². The zero-order valence-electron chi connectivity index (χ0n) is 16.5. The number of nitrogens with zero attached hydrogens (tertiary/aromatic N) is 1. The number of benzene rings is 1. The van der Waals surface area contributed by atoms with Crippen LogP contribution in [0.3, 0.4) is 0 Å². The lowest BCUT2D eigenvalue weighted by molar-refractivity contribution is -0.383. The van der Waals surface area contributed by atoms with E-state index in [9.17, 15) is 10.1 Å². The summed E-state index contributed by atoms with van der Waals surface area (Å²) in [5.41, 5.74) is 1.02. The third-order valence-electron chi connectivity index (χ3n) is 5.58. The largest absolute Gasteiger partial charge is 0.360 e. The molecule has 2 aliphatic carbocycles. The molecule has 0 amide bonds. The average Bonchev–Trinajstić information content (AvgIpc) is 2.69. The molecule has 0 aliphatic heterocycles. The fourth-order valence-electron chi connectivity index (χ4n) is 4.06. The Morgan fingerprint density at radius 2 is 1.38 bits per heavy atom. The average molecular weight is 436 g/mol. The molecule has 1 aromatic carbocycles. The van der Waals surface area contributed by atoms with Crippen molar-refractivity contribution in [1.29, 1.82) is 0 Å². The highest BCUT2D eigenvalue weighted by Crippen LogP contribution is 2.28. The number of nitro groups is 1. The summed E-state index contributed by atoms with van der Waals surface area (Å²) in [7, 11) is 0. The van der Waals surface area contributed by atoms with Crippen molar-refractivity contribution in [3.63, 3.8) is 0 Å². The molecule has 29 heavy (non-hydrogen) atoms. The number of nitrogens with one attached hydrogen (secondary N) is 4. The molecule has 9 heteroatoms. The maximum atomic E-state index is 11.4. The monoisotopic (exact) mass is 435 g/mol. The molecular weight excluding hydrogens is 406 g/mol. The summed E-state index contributed by atoms with van der Waals surface area (Å²) in [6, 6.07) is 5.54. The number of thiocarbonyl (C=S) groups is 2. The van der Waals surface area contributed by atoms with Gasteiger partial charge in [-0.25, -0.2) is 0 Å². The minimum Gasteiger partial charge on any atom is -0.360 e. The molecule has 0 unspecified atom stereocenters. The van der Waals surface area contributed by atoms with E-state index in [0.29, 0.717) is 33.7 Å². The molecule has 4 N–H and O–H groups in total. The molecule has 158 valence electrons. The summed E-state index contributed by atoms with van der Waals surface area (Å²) >= 11 is 10.8. The first-order chi connectivity index (χ1) is 14.0. The van der Waals surface area contributed by atoms with Gasteiger partial charge in [-0.05, 0) is 62.3 Å². The summed E-state index contributed by atoms with van der Waals surface area (Å²) < 4.78 is 0. The second kappa shape index (κ2) is 10.7. The molecule has 2 fully saturated rings. The molecule has 7 nitrogen and oxygen atoms in total. The van der Waals surface area contributed by atoms with Crippen LogP contribution in [-0.2, 0) is 0 Å². The van der Waals surface area contributed by atoms with Gasteiger partial charge < -0.3 is 21.3 Å². The highest BCUT2D eigenvalue weighted by Gasteiger charge is 2.19. The third-order valence-corrected chi connectivity index (χ3v) is 6.02. The van der Waals surface area contributed by atoms with E-state index in [1.165, 1.54) is 44.6 Å². The van der Waals surface area contributed by atoms with Gasteiger partial charge in [0.1, 0.15) is 5.69 Å². The third kappa shape index (κ3) is 6.78. The minimum absolute atomic E-state index is 0.0190. The fourth-order valence-corrected chi connectivity index (χ4v) is 4.62. The zero-order chi connectivity index (χ0) is 20.6. The van der Waals surface area contributed by atoms with Crippen LogP contribution in [0.4, 0.5) is 17.1 Å². The van der Waals surface area contributed by atoms with E-state index in [1.807, 2.05) is 0 Å². The normalized spacial score (nSPS) is 17.9. The second-order valence-corrected chi connectivity index (χ2v) is 8.67. The van der Waals surface area contributed by atoms with Gasteiger partial charge in [0.15, 0.2) is 10.2 Å². The predicted octanol–water partition coefficient (Wildman–Crippen LogP) is 4.83. The van der Waals surface area contributed by atoms with Gasteiger partial charge in [0.2, 0.25) is 0 Å². The van der Waals surface area contributed by atoms with E-state index < -0.39 is 4.92 Å². The summed E-state index contributed by atoms with van der Waals surface area (Å²) in [5, 5.41) is 25.2. The Labute approximate surface area is 182 Å². The van der Waals surface area contributed by atoms with Crippen LogP contribution in [0.5, 0.6) is 0 Å². The Kier molecular flexibility index (Phi) is 8.00. The SMILES string of the molecule is O=[N+]([O-])c1ccc(NC(=S)NC2CCCCC2)cc1NC(=S)NC1CCCCC1. The number of anilines is 2. The number of hydrogen-bond donors (Lipinski definition) is 4. The van der Waals surface area contributed by atoms with E-state index in [0.717, 1.165) is 25.7 Å². The number of rotatable bonds is 5. The van der Waals surface area contributed by atoms with Gasteiger partial charge in [0.05, 0.1) is 4.92 Å². The van der Waals surface area contributed by atoms with Crippen LogP contribution >= 0.6 is 24.4 Å². The van der Waals surface area contributed by atoms with Gasteiger partial charge >= 0.3 is 0 Å². The lowest BCUT2D eigenvalue weighted by Gasteiger charge is -2.25. The highest BCUT2D eigenvalue weighted by molar-refractivity contribution is 7.80. The van der Waals surface area contributed by atoms with Crippen molar-refractivity contribution < 1.29 is 4.92 Å². The zero-order valence-corrected chi connectivity index (χ0v) is 18.2. The molecule has 1 aromatic rings. The van der Waals surface area contributed by atoms with E-state index in [2.05, 4.69) is 21.3 Å². The molecule has 0 radical (unpaired) electrons. The Morgan fingerprint density at radius 1 is 0.862 bits per heavy atom. The van der Waals surface area contributed by atoms with Crippen LogP contribution < -0.4 is 21.3 Å². The van der Waals surface area contributed by atoms with Crippen LogP contribution in [0.25, 0.3) is 0 Å². The van der Waals surface area contributed by atoms with Crippen molar-refractivity contribution in [2.45, 2.75) is 76.3 Å². The van der Waals surface area contributed by atoms with Crippen molar-refractivity contribution in [2.75, 3.05) is 10.6 Å². The summed E-state index contributed by atoms with van der Waals surface area (Å²) in [6.45, 7) is 0. The molecule has 3 rings (SSSR count). The minimum atomic E-state index is -0.409. The smallest absolute Gasteiger partial charge is 0.292 e. The lowest BCUT2D eigenvalue weighted by Crippen LogP contribution is -2.39. The van der Waals surface area contributed by atoms with Crippen molar-refractivity contribution in [3.05, 3.63) is 28.3 Å². The molecule has 0 aromatic heterocycles. The summed E-state index contributed by atoms with van der Waals surface area (Å²) in [6.07, 6.45) is 11.7. The van der Waals surface area contributed by atoms with Gasteiger partial charge in [-0.2, -0.15) is 0 Å². The highest BCUT2D eigenvalue weighted by atomic mass is 32.1. The van der Waals surface area contributed by atoms with E-state index >= 15 is 0 Å². The van der Waals surface area contributed by atoms with E-state index in [4.69, 9.17) is 24.4 Å². The van der Waals surface area contributed by atoms with Crippen molar-refractivity contribution in [3.8, 4) is 0 Å². The Morgan fingerprint density at radius 3 is 1.90 bits per heavy atom. The molecular formula is C20H29N5O2S2. The number of nitro benzene ring substituents is 1. The predicted molar refractivity (Wildman–Crippen MR) is 126 cm³/mol. The second-order valence-electron chi connectivity index (χ2n) is 7.86. The summed E-state index contributed by atoms with van der Waals surface area (Å²) in [5.74, 6) is 0. The molecule has 2 saturated carbocycles. The fraction of sp³-hybridized carbons (Fsp3) is 0.600. The van der Waals surface area contributed by atoms with Crippen molar-refractivity contribution in [1.82, 2.24) is 10.6 Å². The van der Waals surface area contributed by atoms with Gasteiger partial charge in [-0.15, -0.1) is 0 Å². The van der Waals surface area contributed by atoms with Crippen LogP contribution in [-0.4, -0.2) is 27.2 Å². The molecule has 0 spiro atoms. The first-order valence-corrected chi connectivity index (χ1v) is 11.3. The van der Waals surface area contributed by atoms with Crippen LogP contribution in [0.15, 0.2) is 18.2 Å². The van der Waals surface area contributed by atoms with Gasteiger partial charge in [0, 0.05) is 23.8 Å². The first kappa shape index (κ1) is 21.7. The Balaban J connectivity index is 1.62. The van der Waals surface area contributed by atoms with Crippen molar-refractivity contribution >= 4 is 51.7 Å². The van der Waals surface area contributed by atoms with E-state index in [1.54, 1.807) is 12.1 Å². The molecule has 0 heterocycles. The Bertz CT molecular complexity index is 746. The van der Waals surface area contributed by atoms with Gasteiger partial charge in [-0.3, -0.25) is 10.1 Å². The molecule has 2 aliphatic rings. The first-order valence-electron chi connectivity index (χ1n) is 10.4. The van der Waals surface area contributed by atoms with E-state index in [-0.39, 0.29) is 5.69 Å². The van der Waals surface area contributed by atoms with Gasteiger partial charge in [0.25, 0.3) is 5.69 Å². The topological polar surface area (TPSA) is 91.3 Å². The van der Waals surface area contributed by atoms with Gasteiger partial charge in [-0.1, -0.05) is 38.5 Å². The molecule has 0 saturated heterocycles. The van der Waals surface area contributed by atoms with Crippen LogP contribution in [0, 0.1) is 10.1 Å². The lowest BCUT2D eigenvalue weighted by atomic mass is 9.96. The maximum Gasteiger partial charge on any atom is 0.292 e. The van der Waals surface area contributed by atoms with Crippen molar-refractivity contribution in [2.24, 2.45) is 0 Å². The van der Waals surface area contributed by atoms with Crippen LogP contribution in [0.2, 0.25) is 0 Å². The summed E-state index contributed by atoms with van der Waals surface area (Å²) in [4.78, 5) is 11.0. The maximum absolute atomic E-state index is 11.4. The quantitative estimate of drug-likeness (QED) is 0.297. The standard InChI is InChI=1S/C20H29N5O2S2/c26-25(27)18-12-11-16(23-19(28)21-14-7-3-1-4-8-14)13-17(18)24-20(29)22-15-9-5-2-6-10-15/h11-15H,1-10H2,(H2,21,23,28)(H2,22,24,29). The Hall–Kier alpha value is -2.00. The molecule has 0 bridgehead atoms. The number of hydrogen-bond acceptors (Lipinski definition) is 4.